The first kappa shape index (κ1) is 15.7. The van der Waals surface area contributed by atoms with Crippen molar-refractivity contribution >= 4 is 11.2 Å². The SMILES string of the molecule is COC[C@H]1OC(n2cnc3c(=O)[nH]c(C)nc32)C2OC(C)(C)OC21. The van der Waals surface area contributed by atoms with Gasteiger partial charge in [0.15, 0.2) is 23.2 Å². The lowest BCUT2D eigenvalue weighted by Crippen LogP contribution is -2.32. The highest BCUT2D eigenvalue weighted by atomic mass is 16.8. The second-order valence-electron chi connectivity index (χ2n) is 6.56. The van der Waals surface area contributed by atoms with Gasteiger partial charge in [-0.3, -0.25) is 9.36 Å². The van der Waals surface area contributed by atoms with Crippen molar-refractivity contribution in [2.24, 2.45) is 0 Å². The molecule has 2 aromatic heterocycles. The molecule has 130 valence electrons. The number of hydrogen-bond donors (Lipinski definition) is 1. The van der Waals surface area contributed by atoms with E-state index in [1.807, 2.05) is 13.8 Å². The Balaban J connectivity index is 1.77. The van der Waals surface area contributed by atoms with Gasteiger partial charge in [-0.05, 0) is 20.8 Å². The molecule has 2 aromatic rings. The van der Waals surface area contributed by atoms with E-state index in [2.05, 4.69) is 15.0 Å². The maximum Gasteiger partial charge on any atom is 0.279 e. The molecule has 4 rings (SSSR count). The zero-order valence-electron chi connectivity index (χ0n) is 14.0. The van der Waals surface area contributed by atoms with Gasteiger partial charge >= 0.3 is 0 Å². The van der Waals surface area contributed by atoms with Crippen LogP contribution in [0.2, 0.25) is 0 Å². The summed E-state index contributed by atoms with van der Waals surface area (Å²) in [6.45, 7) is 5.84. The Bertz CT molecular complexity index is 829. The van der Waals surface area contributed by atoms with Crippen LogP contribution in [0.3, 0.4) is 0 Å². The minimum Gasteiger partial charge on any atom is -0.382 e. The van der Waals surface area contributed by atoms with Crippen LogP contribution in [0, 0.1) is 6.92 Å². The molecule has 0 saturated carbocycles. The van der Waals surface area contributed by atoms with Crippen molar-refractivity contribution in [2.45, 2.75) is 51.1 Å². The Morgan fingerprint density at radius 1 is 1.38 bits per heavy atom. The summed E-state index contributed by atoms with van der Waals surface area (Å²) in [5.41, 5.74) is 0.462. The normalized spacial score (nSPS) is 31.7. The van der Waals surface area contributed by atoms with E-state index in [4.69, 9.17) is 18.9 Å². The van der Waals surface area contributed by atoms with Crippen LogP contribution in [0.25, 0.3) is 11.2 Å². The van der Waals surface area contributed by atoms with E-state index in [1.165, 1.54) is 0 Å². The van der Waals surface area contributed by atoms with Crippen LogP contribution in [0.1, 0.15) is 25.9 Å². The van der Waals surface area contributed by atoms with Crippen LogP contribution in [0.5, 0.6) is 0 Å². The van der Waals surface area contributed by atoms with Gasteiger partial charge in [-0.15, -0.1) is 0 Å². The van der Waals surface area contributed by atoms with Gasteiger partial charge in [0.25, 0.3) is 5.56 Å². The summed E-state index contributed by atoms with van der Waals surface area (Å²) in [4.78, 5) is 23.3. The first-order valence-corrected chi connectivity index (χ1v) is 7.83. The van der Waals surface area contributed by atoms with E-state index in [9.17, 15) is 4.79 Å². The molecular weight excluding hydrogens is 316 g/mol. The molecule has 2 aliphatic heterocycles. The number of ether oxygens (including phenoxy) is 4. The largest absolute Gasteiger partial charge is 0.382 e. The number of fused-ring (bicyclic) bond motifs is 2. The lowest BCUT2D eigenvalue weighted by atomic mass is 10.1. The van der Waals surface area contributed by atoms with Crippen LogP contribution < -0.4 is 5.56 Å². The lowest BCUT2D eigenvalue weighted by Gasteiger charge is -2.24. The summed E-state index contributed by atoms with van der Waals surface area (Å²) in [6.07, 6.45) is 0.199. The molecule has 0 aromatic carbocycles. The first-order chi connectivity index (χ1) is 11.4. The topological polar surface area (TPSA) is 100 Å². The molecule has 0 aliphatic carbocycles. The molecule has 1 N–H and O–H groups in total. The minimum absolute atomic E-state index is 0.259. The molecule has 0 amide bonds. The number of rotatable bonds is 3. The van der Waals surface area contributed by atoms with Crippen molar-refractivity contribution < 1.29 is 18.9 Å². The van der Waals surface area contributed by atoms with Gasteiger partial charge in [-0.2, -0.15) is 0 Å². The van der Waals surface area contributed by atoms with Gasteiger partial charge in [-0.1, -0.05) is 0 Å². The summed E-state index contributed by atoms with van der Waals surface area (Å²) in [5.74, 6) is -0.193. The zero-order valence-corrected chi connectivity index (χ0v) is 14.0. The van der Waals surface area contributed by atoms with Crippen LogP contribution in [0.15, 0.2) is 11.1 Å². The molecule has 2 saturated heterocycles. The summed E-state index contributed by atoms with van der Waals surface area (Å²) < 4.78 is 25.1. The third-order valence-corrected chi connectivity index (χ3v) is 4.28. The van der Waals surface area contributed by atoms with E-state index < -0.39 is 12.0 Å². The number of nitrogens with one attached hydrogen (secondary N) is 1. The average Bonchev–Trinajstić information content (AvgIpc) is 3.12. The fourth-order valence-electron chi connectivity index (χ4n) is 3.40. The molecule has 3 unspecified atom stereocenters. The standard InChI is InChI=1S/C15H20N4O5/c1-7-17-12-9(13(20)18-7)16-6-19(12)14-11-10(8(22-14)5-21-4)23-15(2,3)24-11/h6,8,10-11,14H,5H2,1-4H3,(H,17,18,20)/t8-,10?,11?,14?/m1/s1. The number of aromatic nitrogens is 4. The molecule has 2 fully saturated rings. The van der Waals surface area contributed by atoms with E-state index in [-0.39, 0.29) is 29.4 Å². The quantitative estimate of drug-likeness (QED) is 0.870. The fourth-order valence-corrected chi connectivity index (χ4v) is 3.40. The first-order valence-electron chi connectivity index (χ1n) is 7.83. The van der Waals surface area contributed by atoms with Gasteiger partial charge in [-0.25, -0.2) is 9.97 Å². The van der Waals surface area contributed by atoms with Gasteiger partial charge in [0.2, 0.25) is 0 Å². The Hall–Kier alpha value is -1.81. The molecule has 4 atom stereocenters. The zero-order chi connectivity index (χ0) is 17.1. The Morgan fingerprint density at radius 2 is 2.12 bits per heavy atom. The Kier molecular flexibility index (Phi) is 3.50. The van der Waals surface area contributed by atoms with Crippen molar-refractivity contribution in [1.82, 2.24) is 19.5 Å². The van der Waals surface area contributed by atoms with Gasteiger partial charge in [0.05, 0.1) is 12.9 Å². The van der Waals surface area contributed by atoms with Crippen LogP contribution >= 0.6 is 0 Å². The van der Waals surface area contributed by atoms with Crippen LogP contribution in [-0.2, 0) is 18.9 Å². The van der Waals surface area contributed by atoms with Crippen molar-refractivity contribution in [1.29, 1.82) is 0 Å². The molecule has 0 radical (unpaired) electrons. The van der Waals surface area contributed by atoms with E-state index in [0.717, 1.165) is 0 Å². The third kappa shape index (κ3) is 2.35. The molecule has 9 nitrogen and oxygen atoms in total. The van der Waals surface area contributed by atoms with Crippen LogP contribution in [-0.4, -0.2) is 57.3 Å². The Morgan fingerprint density at radius 3 is 2.88 bits per heavy atom. The van der Waals surface area contributed by atoms with Crippen molar-refractivity contribution in [2.75, 3.05) is 13.7 Å². The highest BCUT2D eigenvalue weighted by molar-refractivity contribution is 5.69. The monoisotopic (exact) mass is 336 g/mol. The molecule has 4 heterocycles. The number of H-pyrrole nitrogens is 1. The fraction of sp³-hybridized carbons (Fsp3) is 0.667. The smallest absolute Gasteiger partial charge is 0.279 e. The Labute approximate surface area is 137 Å². The third-order valence-electron chi connectivity index (χ3n) is 4.28. The average molecular weight is 336 g/mol. The molecule has 0 bridgehead atoms. The summed E-state index contributed by atoms with van der Waals surface area (Å²) in [6, 6.07) is 0. The number of hydrogen-bond acceptors (Lipinski definition) is 7. The second kappa shape index (κ2) is 5.35. The number of nitrogens with zero attached hydrogens (tertiary/aromatic N) is 3. The van der Waals surface area contributed by atoms with Crippen LogP contribution in [0.4, 0.5) is 0 Å². The summed E-state index contributed by atoms with van der Waals surface area (Å²) in [7, 11) is 1.61. The highest BCUT2D eigenvalue weighted by Crippen LogP contribution is 2.43. The number of aromatic amines is 1. The summed E-state index contributed by atoms with van der Waals surface area (Å²) >= 11 is 0. The van der Waals surface area contributed by atoms with Crippen molar-refractivity contribution in [3.05, 3.63) is 22.5 Å². The number of aryl methyl sites for hydroxylation is 1. The number of methoxy groups -OCH3 is 1. The minimum atomic E-state index is -0.708. The lowest BCUT2D eigenvalue weighted by molar-refractivity contribution is -0.200. The van der Waals surface area contributed by atoms with Gasteiger partial charge < -0.3 is 23.9 Å². The van der Waals surface area contributed by atoms with Gasteiger partial charge in [0.1, 0.15) is 24.1 Å². The van der Waals surface area contributed by atoms with E-state index in [0.29, 0.717) is 18.1 Å². The number of imidazole rings is 1. The molecular formula is C15H20N4O5. The second-order valence-corrected chi connectivity index (χ2v) is 6.56. The maximum absolute atomic E-state index is 12.0. The predicted molar refractivity (Wildman–Crippen MR) is 82.5 cm³/mol. The van der Waals surface area contributed by atoms with E-state index >= 15 is 0 Å². The maximum atomic E-state index is 12.0. The van der Waals surface area contributed by atoms with Gasteiger partial charge in [0, 0.05) is 7.11 Å². The van der Waals surface area contributed by atoms with E-state index in [1.54, 1.807) is 24.9 Å². The summed E-state index contributed by atoms with van der Waals surface area (Å²) in [5, 5.41) is 0. The highest BCUT2D eigenvalue weighted by Gasteiger charge is 2.56. The van der Waals surface area contributed by atoms with Crippen molar-refractivity contribution in [3.63, 3.8) is 0 Å². The predicted octanol–water partition coefficient (Wildman–Crippen LogP) is 0.492. The van der Waals surface area contributed by atoms with Crippen molar-refractivity contribution in [3.8, 4) is 0 Å². The molecule has 9 heteroatoms. The molecule has 24 heavy (non-hydrogen) atoms. The molecule has 0 spiro atoms. The molecule has 2 aliphatic rings.